The molecule has 2 rings (SSSR count). The zero-order valence-electron chi connectivity index (χ0n) is 11.8. The van der Waals surface area contributed by atoms with Gasteiger partial charge in [-0.3, -0.25) is 0 Å². The molecule has 100 valence electrons. The van der Waals surface area contributed by atoms with Gasteiger partial charge in [-0.25, -0.2) is 0 Å². The Balaban J connectivity index is 0.000000200. The van der Waals surface area contributed by atoms with Crippen molar-refractivity contribution in [1.82, 2.24) is 0 Å². The molecule has 0 amide bonds. The summed E-state index contributed by atoms with van der Waals surface area (Å²) in [6.45, 7) is 4.22. The van der Waals surface area contributed by atoms with Crippen LogP contribution >= 0.6 is 0 Å². The van der Waals surface area contributed by atoms with E-state index in [0.717, 1.165) is 12.7 Å². The van der Waals surface area contributed by atoms with Crippen molar-refractivity contribution in [2.24, 2.45) is 0 Å². The fourth-order valence-electron chi connectivity index (χ4n) is 1.78. The molecular formula is C18H22O. The molecule has 0 aliphatic carbocycles. The largest absolute Gasteiger partial charge is 0.303 e. The standard InChI is InChI=1S/C10H12O.C8H10/c1-9(7-8-11)10-5-3-2-4-6-10;1-2-8-6-4-3-5-7-8/h2-6,8-9H,7H2,1H3;3-7H,2H2,1H3. The molecule has 0 aliphatic heterocycles. The third kappa shape index (κ3) is 6.01. The highest BCUT2D eigenvalue weighted by molar-refractivity contribution is 5.51. The minimum atomic E-state index is 0.355. The first-order chi connectivity index (χ1) is 9.27. The topological polar surface area (TPSA) is 17.1 Å². The van der Waals surface area contributed by atoms with E-state index in [1.165, 1.54) is 11.1 Å². The van der Waals surface area contributed by atoms with Crippen LogP contribution in [0.2, 0.25) is 0 Å². The first-order valence-corrected chi connectivity index (χ1v) is 6.80. The molecule has 19 heavy (non-hydrogen) atoms. The highest BCUT2D eigenvalue weighted by Crippen LogP contribution is 2.16. The molecule has 1 unspecified atom stereocenters. The van der Waals surface area contributed by atoms with Crippen molar-refractivity contribution in [3.8, 4) is 0 Å². The first kappa shape index (κ1) is 15.2. The van der Waals surface area contributed by atoms with Crippen LogP contribution in [-0.2, 0) is 11.2 Å². The second-order valence-corrected chi connectivity index (χ2v) is 4.55. The van der Waals surface area contributed by atoms with E-state index in [1.807, 2.05) is 36.4 Å². The van der Waals surface area contributed by atoms with Gasteiger partial charge >= 0.3 is 0 Å². The lowest BCUT2D eigenvalue weighted by molar-refractivity contribution is -0.108. The van der Waals surface area contributed by atoms with Gasteiger partial charge in [0.2, 0.25) is 0 Å². The Hall–Kier alpha value is -1.89. The molecule has 0 saturated carbocycles. The van der Waals surface area contributed by atoms with Crippen LogP contribution < -0.4 is 0 Å². The summed E-state index contributed by atoms with van der Waals surface area (Å²) >= 11 is 0. The van der Waals surface area contributed by atoms with Crippen LogP contribution in [0, 0.1) is 0 Å². The summed E-state index contributed by atoms with van der Waals surface area (Å²) in [5.74, 6) is 0.355. The maximum Gasteiger partial charge on any atom is 0.120 e. The minimum absolute atomic E-state index is 0.355. The zero-order chi connectivity index (χ0) is 13.9. The average Bonchev–Trinajstić information content (AvgIpc) is 2.50. The second-order valence-electron chi connectivity index (χ2n) is 4.55. The number of benzene rings is 2. The highest BCUT2D eigenvalue weighted by Gasteiger charge is 2.01. The fraction of sp³-hybridized carbons (Fsp3) is 0.278. The lowest BCUT2D eigenvalue weighted by Crippen LogP contribution is -1.92. The van der Waals surface area contributed by atoms with Crippen molar-refractivity contribution < 1.29 is 4.79 Å². The van der Waals surface area contributed by atoms with Crippen molar-refractivity contribution in [2.75, 3.05) is 0 Å². The SMILES string of the molecule is CC(CC=O)c1ccccc1.CCc1ccccc1. The van der Waals surface area contributed by atoms with Gasteiger partial charge in [-0.15, -0.1) is 0 Å². The van der Waals surface area contributed by atoms with Crippen LogP contribution in [0.4, 0.5) is 0 Å². The molecule has 0 spiro atoms. The molecule has 0 saturated heterocycles. The monoisotopic (exact) mass is 254 g/mol. The summed E-state index contributed by atoms with van der Waals surface area (Å²) < 4.78 is 0. The first-order valence-electron chi connectivity index (χ1n) is 6.80. The van der Waals surface area contributed by atoms with Crippen LogP contribution in [0.15, 0.2) is 60.7 Å². The van der Waals surface area contributed by atoms with Crippen molar-refractivity contribution in [1.29, 1.82) is 0 Å². The van der Waals surface area contributed by atoms with Gasteiger partial charge in [-0.2, -0.15) is 0 Å². The highest BCUT2D eigenvalue weighted by atomic mass is 16.1. The molecule has 1 heteroatoms. The molecule has 0 heterocycles. The Labute approximate surface area is 116 Å². The maximum atomic E-state index is 10.2. The number of carbonyl (C=O) groups is 1. The molecule has 0 fully saturated rings. The molecule has 2 aromatic carbocycles. The normalized spacial score (nSPS) is 11.1. The van der Waals surface area contributed by atoms with Crippen molar-refractivity contribution in [2.45, 2.75) is 32.6 Å². The van der Waals surface area contributed by atoms with Gasteiger partial charge in [0.15, 0.2) is 0 Å². The van der Waals surface area contributed by atoms with Gasteiger partial charge in [0.05, 0.1) is 0 Å². The molecule has 0 aromatic heterocycles. The fourth-order valence-corrected chi connectivity index (χ4v) is 1.78. The van der Waals surface area contributed by atoms with Crippen molar-refractivity contribution in [3.63, 3.8) is 0 Å². The van der Waals surface area contributed by atoms with E-state index < -0.39 is 0 Å². The minimum Gasteiger partial charge on any atom is -0.303 e. The predicted octanol–water partition coefficient (Wildman–Crippen LogP) is 4.63. The molecule has 0 radical (unpaired) electrons. The van der Waals surface area contributed by atoms with Gasteiger partial charge < -0.3 is 4.79 Å². The van der Waals surface area contributed by atoms with Crippen LogP contribution in [0.25, 0.3) is 0 Å². The Morgan fingerprint density at radius 1 is 0.947 bits per heavy atom. The third-order valence-electron chi connectivity index (χ3n) is 3.07. The van der Waals surface area contributed by atoms with E-state index in [1.54, 1.807) is 0 Å². The Morgan fingerprint density at radius 3 is 1.89 bits per heavy atom. The molecule has 0 bridgehead atoms. The van der Waals surface area contributed by atoms with Crippen LogP contribution in [0.5, 0.6) is 0 Å². The summed E-state index contributed by atoms with van der Waals surface area (Å²) in [5.41, 5.74) is 2.65. The molecule has 1 nitrogen and oxygen atoms in total. The summed E-state index contributed by atoms with van der Waals surface area (Å²) in [6, 6.07) is 20.5. The van der Waals surface area contributed by atoms with E-state index in [2.05, 4.69) is 38.1 Å². The lowest BCUT2D eigenvalue weighted by Gasteiger charge is -2.06. The van der Waals surface area contributed by atoms with Crippen molar-refractivity contribution >= 4 is 6.29 Å². The molecule has 2 aromatic rings. The number of carbonyl (C=O) groups excluding carboxylic acids is 1. The number of hydrogen-bond acceptors (Lipinski definition) is 1. The Kier molecular flexibility index (Phi) is 7.26. The van der Waals surface area contributed by atoms with Gasteiger partial charge in [0.25, 0.3) is 0 Å². The quantitative estimate of drug-likeness (QED) is 0.727. The van der Waals surface area contributed by atoms with E-state index in [4.69, 9.17) is 0 Å². The predicted molar refractivity (Wildman–Crippen MR) is 81.4 cm³/mol. The van der Waals surface area contributed by atoms with Crippen molar-refractivity contribution in [3.05, 3.63) is 71.8 Å². The van der Waals surface area contributed by atoms with E-state index in [9.17, 15) is 4.79 Å². The molecule has 0 aliphatic rings. The number of aryl methyl sites for hydroxylation is 1. The van der Waals surface area contributed by atoms with E-state index in [0.29, 0.717) is 12.3 Å². The number of aldehydes is 1. The average molecular weight is 254 g/mol. The van der Waals surface area contributed by atoms with Crippen LogP contribution in [0.1, 0.15) is 37.3 Å². The maximum absolute atomic E-state index is 10.2. The number of rotatable bonds is 4. The van der Waals surface area contributed by atoms with Crippen LogP contribution in [0.3, 0.4) is 0 Å². The van der Waals surface area contributed by atoms with Gasteiger partial charge in [0.1, 0.15) is 6.29 Å². The lowest BCUT2D eigenvalue weighted by atomic mass is 9.99. The molecule has 0 N–H and O–H groups in total. The molecule has 1 atom stereocenters. The number of hydrogen-bond donors (Lipinski definition) is 0. The third-order valence-corrected chi connectivity index (χ3v) is 3.07. The smallest absolute Gasteiger partial charge is 0.120 e. The van der Waals surface area contributed by atoms with Gasteiger partial charge in [0, 0.05) is 6.42 Å². The van der Waals surface area contributed by atoms with E-state index in [-0.39, 0.29) is 0 Å². The van der Waals surface area contributed by atoms with Gasteiger partial charge in [-0.05, 0) is 23.5 Å². The molecular weight excluding hydrogens is 232 g/mol. The summed E-state index contributed by atoms with van der Waals surface area (Å²) in [5, 5.41) is 0. The summed E-state index contributed by atoms with van der Waals surface area (Å²) in [6.07, 6.45) is 2.72. The summed E-state index contributed by atoms with van der Waals surface area (Å²) in [7, 11) is 0. The zero-order valence-corrected chi connectivity index (χ0v) is 11.8. The Bertz CT molecular complexity index is 448. The Morgan fingerprint density at radius 2 is 1.47 bits per heavy atom. The van der Waals surface area contributed by atoms with Crippen LogP contribution in [-0.4, -0.2) is 6.29 Å². The summed E-state index contributed by atoms with van der Waals surface area (Å²) in [4.78, 5) is 10.2. The van der Waals surface area contributed by atoms with E-state index >= 15 is 0 Å². The second kappa shape index (κ2) is 9.09. The van der Waals surface area contributed by atoms with Gasteiger partial charge in [-0.1, -0.05) is 74.5 Å².